The summed E-state index contributed by atoms with van der Waals surface area (Å²) in [5.41, 5.74) is 0.380. The molecule has 1 aromatic heterocycles. The number of ether oxygens (including phenoxy) is 1. The third-order valence-electron chi connectivity index (χ3n) is 6.35. The highest BCUT2D eigenvalue weighted by molar-refractivity contribution is 7.17. The number of carbonyl (C=O) groups excluding carboxylic acids is 2. The second-order valence-corrected chi connectivity index (χ2v) is 9.22. The third kappa shape index (κ3) is 4.13. The summed E-state index contributed by atoms with van der Waals surface area (Å²) in [6.45, 7) is 11.8. The van der Waals surface area contributed by atoms with Gasteiger partial charge in [-0.15, -0.1) is 0 Å². The van der Waals surface area contributed by atoms with Crippen LogP contribution in [0.2, 0.25) is 0 Å². The first-order valence-electron chi connectivity index (χ1n) is 10.6. The summed E-state index contributed by atoms with van der Waals surface area (Å²) in [4.78, 5) is 37.6. The Bertz CT molecular complexity index is 763. The Morgan fingerprint density at radius 1 is 1.21 bits per heavy atom. The minimum Gasteiger partial charge on any atom is -0.379 e. The highest BCUT2D eigenvalue weighted by atomic mass is 32.1. The molecule has 3 saturated heterocycles. The second kappa shape index (κ2) is 8.57. The predicted octanol–water partition coefficient (Wildman–Crippen LogP) is 1.28. The van der Waals surface area contributed by atoms with Crippen molar-refractivity contribution < 1.29 is 14.3 Å². The SMILES string of the molecule is CCNc1nc(C)c(C(=O)N2CCC3(CCN(CCN4CCOCC4)C3=O)C2)s1. The Kier molecular flexibility index (Phi) is 6.08. The number of thiazole rings is 1. The van der Waals surface area contributed by atoms with Crippen LogP contribution in [0.3, 0.4) is 0 Å². The van der Waals surface area contributed by atoms with Gasteiger partial charge in [0.05, 0.1) is 24.3 Å². The number of hydrogen-bond donors (Lipinski definition) is 1. The van der Waals surface area contributed by atoms with E-state index in [1.54, 1.807) is 0 Å². The van der Waals surface area contributed by atoms with Crippen molar-refractivity contribution in [2.45, 2.75) is 26.7 Å². The molecule has 3 fully saturated rings. The molecule has 0 aromatic carbocycles. The minimum atomic E-state index is -0.385. The van der Waals surface area contributed by atoms with Crippen LogP contribution in [0.5, 0.6) is 0 Å². The number of rotatable bonds is 6. The smallest absolute Gasteiger partial charge is 0.265 e. The molecule has 1 spiro atoms. The molecule has 160 valence electrons. The molecule has 4 rings (SSSR count). The molecule has 1 unspecified atom stereocenters. The van der Waals surface area contributed by atoms with E-state index in [-0.39, 0.29) is 17.2 Å². The van der Waals surface area contributed by atoms with Gasteiger partial charge in [0.15, 0.2) is 5.13 Å². The Balaban J connectivity index is 1.36. The van der Waals surface area contributed by atoms with Gasteiger partial charge in [-0.25, -0.2) is 4.98 Å². The Morgan fingerprint density at radius 3 is 2.72 bits per heavy atom. The quantitative estimate of drug-likeness (QED) is 0.746. The summed E-state index contributed by atoms with van der Waals surface area (Å²) >= 11 is 1.41. The van der Waals surface area contributed by atoms with Crippen molar-refractivity contribution in [1.82, 2.24) is 19.7 Å². The van der Waals surface area contributed by atoms with Gasteiger partial charge in [0.25, 0.3) is 5.91 Å². The zero-order valence-electron chi connectivity index (χ0n) is 17.4. The molecule has 0 bridgehead atoms. The lowest BCUT2D eigenvalue weighted by atomic mass is 9.85. The van der Waals surface area contributed by atoms with Gasteiger partial charge in [-0.2, -0.15) is 0 Å². The molecule has 1 N–H and O–H groups in total. The van der Waals surface area contributed by atoms with E-state index in [4.69, 9.17) is 4.74 Å². The topological polar surface area (TPSA) is 78.0 Å². The van der Waals surface area contributed by atoms with Gasteiger partial charge in [-0.3, -0.25) is 14.5 Å². The largest absolute Gasteiger partial charge is 0.379 e. The molecule has 0 radical (unpaired) electrons. The van der Waals surface area contributed by atoms with Crippen LogP contribution in [0.25, 0.3) is 0 Å². The van der Waals surface area contributed by atoms with Gasteiger partial charge in [0.1, 0.15) is 4.88 Å². The summed E-state index contributed by atoms with van der Waals surface area (Å²) in [6.07, 6.45) is 1.62. The highest BCUT2D eigenvalue weighted by Gasteiger charge is 2.51. The van der Waals surface area contributed by atoms with Gasteiger partial charge in [0.2, 0.25) is 5.91 Å². The molecule has 29 heavy (non-hydrogen) atoms. The lowest BCUT2D eigenvalue weighted by Crippen LogP contribution is -2.43. The van der Waals surface area contributed by atoms with E-state index >= 15 is 0 Å². The number of likely N-dealkylation sites (tertiary alicyclic amines) is 2. The average molecular weight is 422 g/mol. The van der Waals surface area contributed by atoms with Crippen molar-refractivity contribution in [2.75, 3.05) is 70.9 Å². The monoisotopic (exact) mass is 421 g/mol. The Morgan fingerprint density at radius 2 is 1.97 bits per heavy atom. The fourth-order valence-electron chi connectivity index (χ4n) is 4.58. The molecule has 0 aliphatic carbocycles. The zero-order valence-corrected chi connectivity index (χ0v) is 18.2. The number of anilines is 1. The summed E-state index contributed by atoms with van der Waals surface area (Å²) in [7, 11) is 0. The maximum absolute atomic E-state index is 13.2. The summed E-state index contributed by atoms with van der Waals surface area (Å²) in [6, 6.07) is 0. The number of nitrogens with zero attached hydrogens (tertiary/aromatic N) is 4. The zero-order chi connectivity index (χ0) is 20.4. The lowest BCUT2D eigenvalue weighted by molar-refractivity contribution is -0.135. The van der Waals surface area contributed by atoms with E-state index in [2.05, 4.69) is 15.2 Å². The van der Waals surface area contributed by atoms with Crippen molar-refractivity contribution in [3.63, 3.8) is 0 Å². The number of carbonyl (C=O) groups is 2. The molecular weight excluding hydrogens is 390 g/mol. The Labute approximate surface area is 176 Å². The molecular formula is C20H31N5O3S. The van der Waals surface area contributed by atoms with E-state index in [0.717, 1.165) is 76.1 Å². The Hall–Kier alpha value is -1.71. The van der Waals surface area contributed by atoms with Crippen LogP contribution in [-0.4, -0.2) is 97.1 Å². The summed E-state index contributed by atoms with van der Waals surface area (Å²) < 4.78 is 5.40. The fourth-order valence-corrected chi connectivity index (χ4v) is 5.59. The van der Waals surface area contributed by atoms with Gasteiger partial charge < -0.3 is 19.9 Å². The lowest BCUT2D eigenvalue weighted by Gasteiger charge is -2.29. The predicted molar refractivity (Wildman–Crippen MR) is 112 cm³/mol. The first kappa shape index (κ1) is 20.6. The van der Waals surface area contributed by atoms with Crippen LogP contribution in [0, 0.1) is 12.3 Å². The minimum absolute atomic E-state index is 0.0144. The van der Waals surface area contributed by atoms with Gasteiger partial charge >= 0.3 is 0 Å². The van der Waals surface area contributed by atoms with Crippen molar-refractivity contribution in [3.05, 3.63) is 10.6 Å². The molecule has 1 atom stereocenters. The van der Waals surface area contributed by atoms with Crippen LogP contribution < -0.4 is 5.32 Å². The number of nitrogens with one attached hydrogen (secondary N) is 1. The number of hydrogen-bond acceptors (Lipinski definition) is 7. The molecule has 3 aliphatic rings. The van der Waals surface area contributed by atoms with E-state index in [9.17, 15) is 9.59 Å². The van der Waals surface area contributed by atoms with Crippen LogP contribution in [-0.2, 0) is 9.53 Å². The molecule has 9 heteroatoms. The number of aryl methyl sites for hydroxylation is 1. The molecule has 8 nitrogen and oxygen atoms in total. The van der Waals surface area contributed by atoms with Crippen LogP contribution in [0.4, 0.5) is 5.13 Å². The van der Waals surface area contributed by atoms with Gasteiger partial charge in [-0.1, -0.05) is 11.3 Å². The molecule has 3 aliphatic heterocycles. The molecule has 0 saturated carbocycles. The standard InChI is InChI=1S/C20H31N5O3S/c1-3-21-19-22-15(2)16(29-19)17(26)25-7-5-20(14-25)4-6-24(18(20)27)9-8-23-10-12-28-13-11-23/h3-14H2,1-2H3,(H,21,22). The van der Waals surface area contributed by atoms with Gasteiger partial charge in [-0.05, 0) is 26.7 Å². The summed E-state index contributed by atoms with van der Waals surface area (Å²) in [5, 5.41) is 3.97. The molecule has 1 aromatic rings. The number of aromatic nitrogens is 1. The number of amides is 2. The van der Waals surface area contributed by atoms with Crippen molar-refractivity contribution >= 4 is 28.3 Å². The molecule has 2 amide bonds. The average Bonchev–Trinajstić information content (AvgIpc) is 3.41. The number of morpholine rings is 1. The van der Waals surface area contributed by atoms with E-state index in [1.807, 2.05) is 23.6 Å². The van der Waals surface area contributed by atoms with E-state index < -0.39 is 0 Å². The van der Waals surface area contributed by atoms with Crippen molar-refractivity contribution in [2.24, 2.45) is 5.41 Å². The first-order valence-corrected chi connectivity index (χ1v) is 11.4. The van der Waals surface area contributed by atoms with Crippen LogP contribution in [0.15, 0.2) is 0 Å². The van der Waals surface area contributed by atoms with Crippen LogP contribution >= 0.6 is 11.3 Å². The van der Waals surface area contributed by atoms with E-state index in [1.165, 1.54) is 11.3 Å². The van der Waals surface area contributed by atoms with Gasteiger partial charge in [0, 0.05) is 52.4 Å². The van der Waals surface area contributed by atoms with Crippen molar-refractivity contribution in [3.8, 4) is 0 Å². The highest BCUT2D eigenvalue weighted by Crippen LogP contribution is 2.41. The van der Waals surface area contributed by atoms with Crippen LogP contribution in [0.1, 0.15) is 35.1 Å². The third-order valence-corrected chi connectivity index (χ3v) is 7.45. The summed E-state index contributed by atoms with van der Waals surface area (Å²) in [5.74, 6) is 0.246. The van der Waals surface area contributed by atoms with E-state index in [0.29, 0.717) is 18.0 Å². The second-order valence-electron chi connectivity index (χ2n) is 8.22. The molecule has 4 heterocycles. The first-order chi connectivity index (χ1) is 14.0. The normalized spacial score (nSPS) is 25.4. The van der Waals surface area contributed by atoms with Crippen molar-refractivity contribution in [1.29, 1.82) is 0 Å². The maximum atomic E-state index is 13.2. The fraction of sp³-hybridized carbons (Fsp3) is 0.750. The maximum Gasteiger partial charge on any atom is 0.265 e.